The lowest BCUT2D eigenvalue weighted by atomic mass is 9.97. The van der Waals surface area contributed by atoms with Gasteiger partial charge in [-0.15, -0.1) is 0 Å². The number of benzene rings is 3. The first kappa shape index (κ1) is 27.4. The Morgan fingerprint density at radius 3 is 1.38 bits per heavy atom. The van der Waals surface area contributed by atoms with Crippen LogP contribution in [0.5, 0.6) is 23.0 Å². The minimum Gasteiger partial charge on any atom is -0.469 e. The smallest absolute Gasteiger partial charge is 0.133 e. The molecule has 4 nitrogen and oxygen atoms in total. The van der Waals surface area contributed by atoms with Crippen molar-refractivity contribution in [2.45, 2.75) is 67.2 Å². The zero-order valence-corrected chi connectivity index (χ0v) is 24.4. The highest BCUT2D eigenvalue weighted by Crippen LogP contribution is 2.37. The van der Waals surface area contributed by atoms with Gasteiger partial charge in [0.05, 0.1) is 12.5 Å². The summed E-state index contributed by atoms with van der Waals surface area (Å²) in [6.07, 6.45) is 7.12. The van der Waals surface area contributed by atoms with Crippen LogP contribution in [0.25, 0.3) is 0 Å². The number of furan rings is 2. The van der Waals surface area contributed by atoms with Gasteiger partial charge in [-0.25, -0.2) is 0 Å². The summed E-state index contributed by atoms with van der Waals surface area (Å²) in [5.41, 5.74) is 9.43. The Bertz CT molecular complexity index is 1520. The van der Waals surface area contributed by atoms with E-state index in [4.69, 9.17) is 18.3 Å². The van der Waals surface area contributed by atoms with Gasteiger partial charge in [0.15, 0.2) is 0 Å². The van der Waals surface area contributed by atoms with Gasteiger partial charge in [-0.3, -0.25) is 0 Å². The molecule has 0 N–H and O–H groups in total. The summed E-state index contributed by atoms with van der Waals surface area (Å²) in [4.78, 5) is 0. The molecule has 0 atom stereocenters. The largest absolute Gasteiger partial charge is 0.469 e. The van der Waals surface area contributed by atoms with Gasteiger partial charge in [0.1, 0.15) is 34.5 Å². The number of ether oxygens (including phenoxy) is 2. The third kappa shape index (κ3) is 6.34. The average molecular weight is 535 g/mol. The summed E-state index contributed by atoms with van der Waals surface area (Å²) in [6.45, 7) is 12.7. The Morgan fingerprint density at radius 1 is 0.500 bits per heavy atom. The third-order valence-corrected chi connectivity index (χ3v) is 7.51. The lowest BCUT2D eigenvalue weighted by Crippen LogP contribution is -2.00. The first-order chi connectivity index (χ1) is 19.3. The number of rotatable bonds is 10. The van der Waals surface area contributed by atoms with Gasteiger partial charge in [0.25, 0.3) is 0 Å². The van der Waals surface area contributed by atoms with Crippen LogP contribution in [0.2, 0.25) is 0 Å². The SMILES string of the molecule is Cc1cc(Oc2c(C)cc(Oc3c(C)cc(CCc4ccco4)cc3C)cc2C)cc(C)c1CCc1ccco1. The topological polar surface area (TPSA) is 44.7 Å². The van der Waals surface area contributed by atoms with E-state index in [9.17, 15) is 0 Å². The van der Waals surface area contributed by atoms with Crippen LogP contribution in [-0.2, 0) is 25.7 Å². The molecule has 0 radical (unpaired) electrons. The van der Waals surface area contributed by atoms with Gasteiger partial charge in [-0.1, -0.05) is 12.1 Å². The van der Waals surface area contributed by atoms with Crippen LogP contribution in [-0.4, -0.2) is 0 Å². The number of hydrogen-bond donors (Lipinski definition) is 0. The van der Waals surface area contributed by atoms with E-state index in [1.54, 1.807) is 12.5 Å². The van der Waals surface area contributed by atoms with Gasteiger partial charge in [-0.05, 0) is 147 Å². The molecule has 0 aliphatic rings. The van der Waals surface area contributed by atoms with Crippen molar-refractivity contribution in [3.05, 3.63) is 129 Å². The molecule has 0 aliphatic heterocycles. The summed E-state index contributed by atoms with van der Waals surface area (Å²) in [6, 6.07) is 20.7. The maximum atomic E-state index is 6.45. The van der Waals surface area contributed by atoms with E-state index >= 15 is 0 Å². The Hall–Kier alpha value is -4.18. The van der Waals surface area contributed by atoms with E-state index in [1.165, 1.54) is 22.3 Å². The van der Waals surface area contributed by atoms with E-state index < -0.39 is 0 Å². The highest BCUT2D eigenvalue weighted by Gasteiger charge is 2.14. The van der Waals surface area contributed by atoms with Gasteiger partial charge >= 0.3 is 0 Å². The maximum Gasteiger partial charge on any atom is 0.133 e. The molecule has 2 heterocycles. The normalized spacial score (nSPS) is 11.2. The van der Waals surface area contributed by atoms with E-state index in [2.05, 4.69) is 77.9 Å². The van der Waals surface area contributed by atoms with Crippen molar-refractivity contribution in [2.75, 3.05) is 0 Å². The van der Waals surface area contributed by atoms with Crippen LogP contribution in [0.4, 0.5) is 0 Å². The number of hydrogen-bond acceptors (Lipinski definition) is 4. The van der Waals surface area contributed by atoms with Crippen molar-refractivity contribution in [3.8, 4) is 23.0 Å². The molecule has 0 saturated carbocycles. The van der Waals surface area contributed by atoms with Crippen LogP contribution in [0.15, 0.2) is 82.0 Å². The lowest BCUT2D eigenvalue weighted by Gasteiger charge is -2.18. The fourth-order valence-electron chi connectivity index (χ4n) is 5.54. The Labute approximate surface area is 237 Å². The molecule has 0 fully saturated rings. The third-order valence-electron chi connectivity index (χ3n) is 7.51. The molecular formula is C36H38O4. The van der Waals surface area contributed by atoms with Crippen LogP contribution >= 0.6 is 0 Å². The molecule has 0 saturated heterocycles. The fourth-order valence-corrected chi connectivity index (χ4v) is 5.54. The molecule has 3 aromatic carbocycles. The van der Waals surface area contributed by atoms with E-state index in [1.807, 2.05) is 24.3 Å². The monoisotopic (exact) mass is 534 g/mol. The summed E-state index contributed by atoms with van der Waals surface area (Å²) >= 11 is 0. The minimum absolute atomic E-state index is 0.817. The summed E-state index contributed by atoms with van der Waals surface area (Å²) < 4.78 is 23.9. The molecule has 5 aromatic rings. The van der Waals surface area contributed by atoms with Crippen molar-refractivity contribution in [2.24, 2.45) is 0 Å². The molecule has 0 spiro atoms. The molecule has 4 heteroatoms. The maximum absolute atomic E-state index is 6.45. The number of aryl methyl sites for hydroxylation is 9. The molecule has 0 bridgehead atoms. The second-order valence-electron chi connectivity index (χ2n) is 10.8. The van der Waals surface area contributed by atoms with E-state index in [0.29, 0.717) is 0 Å². The predicted molar refractivity (Wildman–Crippen MR) is 160 cm³/mol. The summed E-state index contributed by atoms with van der Waals surface area (Å²) in [7, 11) is 0. The van der Waals surface area contributed by atoms with Gasteiger partial charge in [0.2, 0.25) is 0 Å². The zero-order chi connectivity index (χ0) is 28.2. The average Bonchev–Trinajstić information content (AvgIpc) is 3.61. The first-order valence-corrected chi connectivity index (χ1v) is 14.0. The van der Waals surface area contributed by atoms with Crippen LogP contribution in [0.3, 0.4) is 0 Å². The van der Waals surface area contributed by atoms with Crippen molar-refractivity contribution in [1.82, 2.24) is 0 Å². The van der Waals surface area contributed by atoms with Gasteiger partial charge in [0, 0.05) is 12.8 Å². The lowest BCUT2D eigenvalue weighted by molar-refractivity contribution is 0.459. The van der Waals surface area contributed by atoms with Crippen LogP contribution < -0.4 is 9.47 Å². The highest BCUT2D eigenvalue weighted by atomic mass is 16.5. The molecule has 0 amide bonds. The molecule has 2 aromatic heterocycles. The van der Waals surface area contributed by atoms with Crippen molar-refractivity contribution >= 4 is 0 Å². The molecule has 40 heavy (non-hydrogen) atoms. The summed E-state index contributed by atoms with van der Waals surface area (Å²) in [5.74, 6) is 5.47. The molecule has 5 rings (SSSR count). The quantitative estimate of drug-likeness (QED) is 0.179. The standard InChI is InChI=1S/C36H38O4/c1-23-19-32(20-24(2)34(23)14-13-31-10-8-16-38-31)39-36-27(5)21-33(22-28(36)6)40-35-25(3)17-29(18-26(35)4)11-12-30-9-7-15-37-30/h7-10,15-22H,11-14H2,1-6H3. The Kier molecular flexibility index (Phi) is 8.16. The minimum atomic E-state index is 0.817. The highest BCUT2D eigenvalue weighted by molar-refractivity contribution is 5.52. The van der Waals surface area contributed by atoms with Crippen molar-refractivity contribution in [1.29, 1.82) is 0 Å². The van der Waals surface area contributed by atoms with Crippen LogP contribution in [0, 0.1) is 41.5 Å². The summed E-state index contributed by atoms with van der Waals surface area (Å²) in [5, 5.41) is 0. The molecule has 0 unspecified atom stereocenters. The molecule has 0 aliphatic carbocycles. The Morgan fingerprint density at radius 2 is 0.925 bits per heavy atom. The second kappa shape index (κ2) is 11.9. The molecular weight excluding hydrogens is 496 g/mol. The second-order valence-corrected chi connectivity index (χ2v) is 10.8. The van der Waals surface area contributed by atoms with Crippen molar-refractivity contribution < 1.29 is 18.3 Å². The van der Waals surface area contributed by atoms with Crippen LogP contribution in [0.1, 0.15) is 56.0 Å². The predicted octanol–water partition coefficient (Wildman–Crippen LogP) is 9.88. The van der Waals surface area contributed by atoms with Crippen molar-refractivity contribution in [3.63, 3.8) is 0 Å². The van der Waals surface area contributed by atoms with E-state index in [0.717, 1.165) is 82.5 Å². The first-order valence-electron chi connectivity index (χ1n) is 14.0. The zero-order valence-electron chi connectivity index (χ0n) is 24.4. The van der Waals surface area contributed by atoms with Gasteiger partial charge in [-0.2, -0.15) is 0 Å². The molecule has 206 valence electrons. The van der Waals surface area contributed by atoms with Gasteiger partial charge < -0.3 is 18.3 Å². The fraction of sp³-hybridized carbons (Fsp3) is 0.278. The Balaban J connectivity index is 1.29. The van der Waals surface area contributed by atoms with E-state index in [-0.39, 0.29) is 0 Å².